The number of hydrogen-bond acceptors (Lipinski definition) is 6. The van der Waals surface area contributed by atoms with Gasteiger partial charge >= 0.3 is 5.97 Å². The molecule has 0 N–H and O–H groups in total. The molecule has 2 aliphatic heterocycles. The average Bonchev–Trinajstić information content (AvgIpc) is 3.14. The van der Waals surface area contributed by atoms with Gasteiger partial charge in [0.05, 0.1) is 34.5 Å². The molecule has 0 aromatic heterocycles. The van der Waals surface area contributed by atoms with E-state index in [0.717, 1.165) is 17.4 Å². The fourth-order valence-corrected chi connectivity index (χ4v) is 4.62. The Balaban J connectivity index is 1.85. The normalized spacial score (nSPS) is 18.7. The van der Waals surface area contributed by atoms with E-state index in [-0.39, 0.29) is 20.7 Å². The summed E-state index contributed by atoms with van der Waals surface area (Å²) in [4.78, 5) is 41.3. The first-order valence-corrected chi connectivity index (χ1v) is 9.53. The molecule has 8 heteroatoms. The zero-order valence-electron chi connectivity index (χ0n) is 15.0. The Morgan fingerprint density at radius 1 is 1.00 bits per heavy atom. The smallest absolute Gasteiger partial charge is 0.339 e. The Morgan fingerprint density at radius 3 is 2.36 bits per heavy atom. The summed E-state index contributed by atoms with van der Waals surface area (Å²) in [5.41, 5.74) is 2.32. The maximum Gasteiger partial charge on any atom is 0.339 e. The lowest BCUT2D eigenvalue weighted by molar-refractivity contribution is -0.115. The number of carbonyl (C=O) groups excluding carboxylic acids is 3. The first-order valence-electron chi connectivity index (χ1n) is 8.31. The van der Waals surface area contributed by atoms with Gasteiger partial charge in [0.1, 0.15) is 0 Å². The first kappa shape index (κ1) is 18.4. The fraction of sp³-hybridized carbons (Fsp3) is 0.100. The number of methoxy groups -OCH3 is 1. The Morgan fingerprint density at radius 2 is 1.64 bits per heavy atom. The molecule has 2 aromatic rings. The minimum atomic E-state index is -0.570. The van der Waals surface area contributed by atoms with Gasteiger partial charge in [-0.2, -0.15) is 0 Å². The molecule has 0 unspecified atom stereocenters. The number of likely N-dealkylation sites (N-methyl/N-ethyl adjacent to an activating group) is 1. The van der Waals surface area contributed by atoms with Crippen molar-refractivity contribution >= 4 is 63.0 Å². The van der Waals surface area contributed by atoms with Gasteiger partial charge in [0.15, 0.2) is 4.32 Å². The summed E-state index contributed by atoms with van der Waals surface area (Å²) < 4.78 is 5.06. The number of anilines is 2. The zero-order chi connectivity index (χ0) is 20.0. The van der Waals surface area contributed by atoms with Crippen molar-refractivity contribution in [2.45, 2.75) is 0 Å². The molecule has 0 radical (unpaired) electrons. The summed E-state index contributed by atoms with van der Waals surface area (Å²) in [6.45, 7) is 0. The summed E-state index contributed by atoms with van der Waals surface area (Å²) in [5, 5.41) is 0. The summed E-state index contributed by atoms with van der Waals surface area (Å²) in [5.74, 6) is -1.26. The largest absolute Gasteiger partial charge is 0.465 e. The van der Waals surface area contributed by atoms with Gasteiger partial charge in [-0.15, -0.1) is 0 Å². The Bertz CT molecular complexity index is 1090. The molecular formula is C20H14N2O4S2. The summed E-state index contributed by atoms with van der Waals surface area (Å²) in [6.07, 6.45) is 0. The van der Waals surface area contributed by atoms with Crippen LogP contribution in [0.2, 0.25) is 0 Å². The maximum atomic E-state index is 13.3. The van der Waals surface area contributed by atoms with Gasteiger partial charge in [-0.1, -0.05) is 54.3 Å². The van der Waals surface area contributed by atoms with Gasteiger partial charge in [-0.3, -0.25) is 14.5 Å². The Hall–Kier alpha value is -2.97. The van der Waals surface area contributed by atoms with E-state index in [4.69, 9.17) is 17.0 Å². The molecule has 0 saturated carbocycles. The minimum Gasteiger partial charge on any atom is -0.465 e. The van der Waals surface area contributed by atoms with Gasteiger partial charge in [-0.25, -0.2) is 4.79 Å². The molecule has 0 spiro atoms. The topological polar surface area (TPSA) is 66.9 Å². The van der Waals surface area contributed by atoms with Crippen LogP contribution < -0.4 is 9.80 Å². The summed E-state index contributed by atoms with van der Waals surface area (Å²) in [7, 11) is 2.94. The highest BCUT2D eigenvalue weighted by molar-refractivity contribution is 8.27. The van der Waals surface area contributed by atoms with Crippen LogP contribution in [0.1, 0.15) is 15.9 Å². The van der Waals surface area contributed by atoms with Crippen molar-refractivity contribution in [2.75, 3.05) is 24.0 Å². The second-order valence-corrected chi connectivity index (χ2v) is 7.75. The molecule has 140 valence electrons. The van der Waals surface area contributed by atoms with E-state index in [0.29, 0.717) is 16.8 Å². The number of fused-ring (bicyclic) bond motifs is 1. The van der Waals surface area contributed by atoms with Crippen molar-refractivity contribution in [3.05, 3.63) is 64.6 Å². The summed E-state index contributed by atoms with van der Waals surface area (Å²) >= 11 is 6.48. The number of esters is 1. The van der Waals surface area contributed by atoms with Crippen LogP contribution in [0, 0.1) is 0 Å². The van der Waals surface area contributed by atoms with Crippen LogP contribution in [-0.4, -0.2) is 36.3 Å². The number of rotatable bonds is 2. The lowest BCUT2D eigenvalue weighted by Gasteiger charge is -2.17. The highest BCUT2D eigenvalue weighted by Crippen LogP contribution is 2.45. The number of ether oxygens (including phenoxy) is 1. The van der Waals surface area contributed by atoms with Crippen molar-refractivity contribution < 1.29 is 19.1 Å². The van der Waals surface area contributed by atoms with E-state index >= 15 is 0 Å². The number of carbonyl (C=O) groups is 3. The van der Waals surface area contributed by atoms with Crippen LogP contribution >= 0.6 is 24.0 Å². The monoisotopic (exact) mass is 410 g/mol. The van der Waals surface area contributed by atoms with E-state index in [1.54, 1.807) is 37.4 Å². The molecule has 2 aromatic carbocycles. The van der Waals surface area contributed by atoms with Crippen molar-refractivity contribution in [3.63, 3.8) is 0 Å². The molecule has 0 atom stereocenters. The SMILES string of the molecule is COC(=O)c1ccccc1N1C(=O)/C(=C2/C(=O)N(C)c3ccccc32)SC1=S. The molecule has 2 heterocycles. The lowest BCUT2D eigenvalue weighted by Crippen LogP contribution is -2.30. The van der Waals surface area contributed by atoms with Gasteiger partial charge in [0, 0.05) is 12.6 Å². The van der Waals surface area contributed by atoms with Gasteiger partial charge in [0.2, 0.25) is 0 Å². The second kappa shape index (κ2) is 6.88. The van der Waals surface area contributed by atoms with Gasteiger partial charge < -0.3 is 9.64 Å². The van der Waals surface area contributed by atoms with E-state index < -0.39 is 11.9 Å². The maximum absolute atomic E-state index is 13.3. The molecule has 2 aliphatic rings. The number of nitrogens with zero attached hydrogens (tertiary/aromatic N) is 2. The predicted molar refractivity (Wildman–Crippen MR) is 112 cm³/mol. The Kier molecular flexibility index (Phi) is 4.52. The quantitative estimate of drug-likeness (QED) is 0.430. The molecule has 6 nitrogen and oxygen atoms in total. The number of thioether (sulfide) groups is 1. The molecule has 1 saturated heterocycles. The van der Waals surface area contributed by atoms with Gasteiger partial charge in [0.25, 0.3) is 11.8 Å². The minimum absolute atomic E-state index is 0.225. The fourth-order valence-electron chi connectivity index (χ4n) is 3.27. The third-order valence-electron chi connectivity index (χ3n) is 4.60. The third-order valence-corrected chi connectivity index (χ3v) is 5.97. The summed E-state index contributed by atoms with van der Waals surface area (Å²) in [6, 6.07) is 13.9. The standard InChI is InChI=1S/C20H14N2O4S2/c1-21-13-9-5-3-7-11(13)15(17(21)23)16-18(24)22(20(27)28-16)14-10-6-4-8-12(14)19(25)26-2/h3-10H,1-2H3/b16-15-. The second-order valence-electron chi connectivity index (χ2n) is 6.10. The Labute approximate surface area is 170 Å². The van der Waals surface area contributed by atoms with E-state index in [9.17, 15) is 14.4 Å². The van der Waals surface area contributed by atoms with Crippen LogP contribution in [0.15, 0.2) is 53.4 Å². The molecule has 4 rings (SSSR count). The molecule has 28 heavy (non-hydrogen) atoms. The van der Waals surface area contributed by atoms with E-state index in [1.165, 1.54) is 16.9 Å². The van der Waals surface area contributed by atoms with Crippen molar-refractivity contribution in [3.8, 4) is 0 Å². The molecular weight excluding hydrogens is 396 g/mol. The predicted octanol–water partition coefficient (Wildman–Crippen LogP) is 3.23. The van der Waals surface area contributed by atoms with Gasteiger partial charge in [-0.05, 0) is 18.2 Å². The molecule has 0 bridgehead atoms. The van der Waals surface area contributed by atoms with Crippen LogP contribution in [0.4, 0.5) is 11.4 Å². The van der Waals surface area contributed by atoms with E-state index in [2.05, 4.69) is 0 Å². The average molecular weight is 410 g/mol. The lowest BCUT2D eigenvalue weighted by atomic mass is 10.1. The van der Waals surface area contributed by atoms with Crippen LogP contribution in [0.5, 0.6) is 0 Å². The van der Waals surface area contributed by atoms with Crippen molar-refractivity contribution in [1.29, 1.82) is 0 Å². The van der Waals surface area contributed by atoms with Crippen LogP contribution in [-0.2, 0) is 14.3 Å². The first-order chi connectivity index (χ1) is 13.5. The number of para-hydroxylation sites is 2. The number of amides is 2. The van der Waals surface area contributed by atoms with Crippen molar-refractivity contribution in [1.82, 2.24) is 0 Å². The van der Waals surface area contributed by atoms with Crippen molar-refractivity contribution in [2.24, 2.45) is 0 Å². The zero-order valence-corrected chi connectivity index (χ0v) is 16.6. The number of thiocarbonyl (C=S) groups is 1. The molecule has 1 fully saturated rings. The number of hydrogen-bond donors (Lipinski definition) is 0. The molecule has 2 amide bonds. The molecule has 0 aliphatic carbocycles. The van der Waals surface area contributed by atoms with Crippen LogP contribution in [0.3, 0.4) is 0 Å². The van der Waals surface area contributed by atoms with E-state index in [1.807, 2.05) is 18.2 Å². The third kappa shape index (κ3) is 2.64. The number of benzene rings is 2. The highest BCUT2D eigenvalue weighted by atomic mass is 32.2. The highest BCUT2D eigenvalue weighted by Gasteiger charge is 2.42. The van der Waals surface area contributed by atoms with Crippen LogP contribution in [0.25, 0.3) is 5.57 Å².